The van der Waals surface area contributed by atoms with Crippen LogP contribution in [-0.2, 0) is 6.42 Å². The minimum Gasteiger partial charge on any atom is -0.504 e. The molecule has 0 heterocycles. The number of halogens is 2. The standard InChI is InChI=1S/C21H28FN3O3.HI/c1-4-23-21(24-12-11-16-5-10-19(26)20(13-16)27-3)25-14-15(2)28-18-8-6-17(22)7-9-18;/h5-10,13,15,26H,4,11-12,14H2,1-3H3,(H2,23,24,25);1H. The first-order valence-corrected chi connectivity index (χ1v) is 9.32. The topological polar surface area (TPSA) is 75.1 Å². The number of aromatic hydroxyl groups is 1. The fourth-order valence-electron chi connectivity index (χ4n) is 2.55. The van der Waals surface area contributed by atoms with Crippen molar-refractivity contribution in [3.05, 3.63) is 53.8 Å². The fourth-order valence-corrected chi connectivity index (χ4v) is 2.55. The Labute approximate surface area is 188 Å². The van der Waals surface area contributed by atoms with E-state index in [4.69, 9.17) is 9.47 Å². The van der Waals surface area contributed by atoms with E-state index in [-0.39, 0.29) is 41.6 Å². The first kappa shape index (κ1) is 24.8. The van der Waals surface area contributed by atoms with Crippen LogP contribution >= 0.6 is 24.0 Å². The number of rotatable bonds is 9. The molecule has 0 aliphatic carbocycles. The smallest absolute Gasteiger partial charge is 0.191 e. The molecule has 2 aromatic carbocycles. The van der Waals surface area contributed by atoms with Crippen molar-refractivity contribution in [3.8, 4) is 17.2 Å². The molecule has 0 aliphatic heterocycles. The average molecular weight is 517 g/mol. The zero-order chi connectivity index (χ0) is 20.4. The van der Waals surface area contributed by atoms with Gasteiger partial charge in [-0.3, -0.25) is 0 Å². The van der Waals surface area contributed by atoms with Crippen LogP contribution in [0.25, 0.3) is 0 Å². The van der Waals surface area contributed by atoms with Gasteiger partial charge in [0.2, 0.25) is 0 Å². The maximum absolute atomic E-state index is 13.0. The number of guanidine groups is 1. The molecule has 0 aromatic heterocycles. The van der Waals surface area contributed by atoms with Gasteiger partial charge in [0.25, 0.3) is 0 Å². The number of nitrogens with one attached hydrogen (secondary N) is 2. The van der Waals surface area contributed by atoms with E-state index in [0.717, 1.165) is 18.5 Å². The van der Waals surface area contributed by atoms with Gasteiger partial charge in [-0.1, -0.05) is 6.07 Å². The van der Waals surface area contributed by atoms with Crippen molar-refractivity contribution in [1.82, 2.24) is 10.6 Å². The van der Waals surface area contributed by atoms with E-state index in [1.54, 1.807) is 18.2 Å². The van der Waals surface area contributed by atoms with Crippen LogP contribution in [0.1, 0.15) is 19.4 Å². The Kier molecular flexibility index (Phi) is 11.2. The van der Waals surface area contributed by atoms with Crippen LogP contribution in [0.3, 0.4) is 0 Å². The van der Waals surface area contributed by atoms with E-state index in [1.807, 2.05) is 26.0 Å². The molecule has 1 atom stereocenters. The predicted octanol–water partition coefficient (Wildman–Crippen LogP) is 3.72. The normalized spacial score (nSPS) is 11.9. The Balaban J connectivity index is 0.00000420. The summed E-state index contributed by atoms with van der Waals surface area (Å²) in [5, 5.41) is 16.1. The molecule has 6 nitrogen and oxygen atoms in total. The highest BCUT2D eigenvalue weighted by atomic mass is 127. The fraction of sp³-hybridized carbons (Fsp3) is 0.381. The molecule has 0 fully saturated rings. The second-order valence-electron chi connectivity index (χ2n) is 6.28. The van der Waals surface area contributed by atoms with E-state index in [1.165, 1.54) is 19.2 Å². The molecule has 2 rings (SSSR count). The first-order valence-electron chi connectivity index (χ1n) is 9.32. The van der Waals surface area contributed by atoms with E-state index in [2.05, 4.69) is 15.6 Å². The molecule has 1 unspecified atom stereocenters. The monoisotopic (exact) mass is 517 g/mol. The molecular weight excluding hydrogens is 488 g/mol. The summed E-state index contributed by atoms with van der Waals surface area (Å²) < 4.78 is 23.8. The molecule has 29 heavy (non-hydrogen) atoms. The average Bonchev–Trinajstić information content (AvgIpc) is 2.69. The van der Waals surface area contributed by atoms with Gasteiger partial charge in [-0.25, -0.2) is 9.38 Å². The van der Waals surface area contributed by atoms with Gasteiger partial charge in [0, 0.05) is 13.1 Å². The SMILES string of the molecule is CCNC(=NCC(C)Oc1ccc(F)cc1)NCCc1ccc(O)c(OC)c1.I. The molecule has 0 bridgehead atoms. The van der Waals surface area contributed by atoms with Crippen molar-refractivity contribution >= 4 is 29.9 Å². The van der Waals surface area contributed by atoms with Crippen molar-refractivity contribution in [2.75, 3.05) is 26.7 Å². The molecule has 0 spiro atoms. The Bertz CT molecular complexity index is 772. The zero-order valence-electron chi connectivity index (χ0n) is 16.9. The quantitative estimate of drug-likeness (QED) is 0.269. The van der Waals surface area contributed by atoms with Crippen molar-refractivity contribution in [2.45, 2.75) is 26.4 Å². The van der Waals surface area contributed by atoms with E-state index in [9.17, 15) is 9.50 Å². The lowest BCUT2D eigenvalue weighted by atomic mass is 10.1. The van der Waals surface area contributed by atoms with Gasteiger partial charge in [-0.05, 0) is 62.2 Å². The van der Waals surface area contributed by atoms with Crippen molar-refractivity contribution in [1.29, 1.82) is 0 Å². The Morgan fingerprint density at radius 2 is 1.90 bits per heavy atom. The van der Waals surface area contributed by atoms with Crippen LogP contribution in [0.15, 0.2) is 47.5 Å². The highest BCUT2D eigenvalue weighted by Crippen LogP contribution is 2.26. The molecule has 0 aliphatic rings. The van der Waals surface area contributed by atoms with Crippen molar-refractivity contribution < 1.29 is 19.0 Å². The van der Waals surface area contributed by atoms with Gasteiger partial charge >= 0.3 is 0 Å². The Hall–Kier alpha value is -2.23. The van der Waals surface area contributed by atoms with E-state index < -0.39 is 0 Å². The molecule has 3 N–H and O–H groups in total. The Morgan fingerprint density at radius 3 is 2.55 bits per heavy atom. The van der Waals surface area contributed by atoms with E-state index >= 15 is 0 Å². The minimum atomic E-state index is -0.289. The summed E-state index contributed by atoms with van der Waals surface area (Å²) in [6, 6.07) is 11.3. The van der Waals surface area contributed by atoms with Gasteiger partial charge < -0.3 is 25.2 Å². The number of ether oxygens (including phenoxy) is 2. The molecular formula is C21H29FIN3O3. The summed E-state index contributed by atoms with van der Waals surface area (Å²) >= 11 is 0. The van der Waals surface area contributed by atoms with Gasteiger partial charge in [0.1, 0.15) is 17.7 Å². The van der Waals surface area contributed by atoms with Gasteiger partial charge in [0.05, 0.1) is 13.7 Å². The number of hydrogen-bond acceptors (Lipinski definition) is 4. The molecule has 0 saturated heterocycles. The summed E-state index contributed by atoms with van der Waals surface area (Å²) in [7, 11) is 1.53. The van der Waals surface area contributed by atoms with Crippen LogP contribution in [0.5, 0.6) is 17.2 Å². The molecule has 160 valence electrons. The van der Waals surface area contributed by atoms with Crippen LogP contribution in [-0.4, -0.2) is 43.9 Å². The highest BCUT2D eigenvalue weighted by molar-refractivity contribution is 14.0. The molecule has 0 saturated carbocycles. The Morgan fingerprint density at radius 1 is 1.17 bits per heavy atom. The molecule has 0 radical (unpaired) electrons. The molecule has 8 heteroatoms. The zero-order valence-corrected chi connectivity index (χ0v) is 19.3. The van der Waals surface area contributed by atoms with Crippen LogP contribution in [0.2, 0.25) is 0 Å². The summed E-state index contributed by atoms with van der Waals surface area (Å²) in [6.45, 7) is 5.79. The summed E-state index contributed by atoms with van der Waals surface area (Å²) in [5.41, 5.74) is 1.05. The second kappa shape index (κ2) is 13.1. The molecule has 0 amide bonds. The summed E-state index contributed by atoms with van der Waals surface area (Å²) in [6.07, 6.45) is 0.602. The largest absolute Gasteiger partial charge is 0.504 e. The summed E-state index contributed by atoms with van der Waals surface area (Å²) in [5.74, 6) is 1.61. The number of benzene rings is 2. The maximum Gasteiger partial charge on any atom is 0.191 e. The second-order valence-corrected chi connectivity index (χ2v) is 6.28. The lowest BCUT2D eigenvalue weighted by Gasteiger charge is -2.15. The number of phenolic OH excluding ortho intramolecular Hbond substituents is 1. The number of hydrogen-bond donors (Lipinski definition) is 3. The highest BCUT2D eigenvalue weighted by Gasteiger charge is 2.06. The lowest BCUT2D eigenvalue weighted by Crippen LogP contribution is -2.39. The maximum atomic E-state index is 13.0. The van der Waals surface area contributed by atoms with Gasteiger partial charge in [-0.15, -0.1) is 24.0 Å². The first-order chi connectivity index (χ1) is 13.5. The van der Waals surface area contributed by atoms with E-state index in [0.29, 0.717) is 30.5 Å². The number of phenols is 1. The molecule has 2 aromatic rings. The lowest BCUT2D eigenvalue weighted by molar-refractivity contribution is 0.230. The van der Waals surface area contributed by atoms with Crippen LogP contribution < -0.4 is 20.1 Å². The predicted molar refractivity (Wildman–Crippen MR) is 124 cm³/mol. The third-order valence-electron chi connectivity index (χ3n) is 3.95. The number of aliphatic imine (C=N–C) groups is 1. The third-order valence-corrected chi connectivity index (χ3v) is 3.95. The van der Waals surface area contributed by atoms with Crippen molar-refractivity contribution in [2.24, 2.45) is 4.99 Å². The number of nitrogens with zero attached hydrogens (tertiary/aromatic N) is 1. The van der Waals surface area contributed by atoms with Crippen molar-refractivity contribution in [3.63, 3.8) is 0 Å². The van der Waals surface area contributed by atoms with Gasteiger partial charge in [-0.2, -0.15) is 0 Å². The third kappa shape index (κ3) is 8.76. The number of methoxy groups -OCH3 is 1. The van der Waals surface area contributed by atoms with Gasteiger partial charge in [0.15, 0.2) is 17.5 Å². The minimum absolute atomic E-state index is 0. The van der Waals surface area contributed by atoms with Crippen LogP contribution in [0.4, 0.5) is 4.39 Å². The summed E-state index contributed by atoms with van der Waals surface area (Å²) in [4.78, 5) is 4.54. The van der Waals surface area contributed by atoms with Crippen LogP contribution in [0, 0.1) is 5.82 Å².